The van der Waals surface area contributed by atoms with Crippen LogP contribution in [0.25, 0.3) is 0 Å². The highest BCUT2D eigenvalue weighted by Crippen LogP contribution is 2.58. The molecule has 2 heterocycles. The summed E-state index contributed by atoms with van der Waals surface area (Å²) in [7, 11) is 0. The minimum atomic E-state index is -2.12. The van der Waals surface area contributed by atoms with Crippen molar-refractivity contribution >= 4 is 52.3 Å². The maximum atomic E-state index is 13.9. The lowest BCUT2D eigenvalue weighted by atomic mass is 9.77. The van der Waals surface area contributed by atoms with Gasteiger partial charge in [-0.15, -0.1) is 0 Å². The molecule has 0 N–H and O–H groups in total. The van der Waals surface area contributed by atoms with Crippen LogP contribution < -0.4 is 4.90 Å². The van der Waals surface area contributed by atoms with Crippen LogP contribution >= 0.6 is 23.2 Å². The van der Waals surface area contributed by atoms with Crippen molar-refractivity contribution in [1.29, 1.82) is 0 Å². The highest BCUT2D eigenvalue weighted by Gasteiger charge is 2.74. The Morgan fingerprint density at radius 1 is 0.800 bits per heavy atom. The third-order valence-corrected chi connectivity index (χ3v) is 7.88. The molecule has 6 nitrogen and oxygen atoms in total. The molecule has 1 aliphatic carbocycles. The van der Waals surface area contributed by atoms with Gasteiger partial charge in [0.1, 0.15) is 0 Å². The van der Waals surface area contributed by atoms with Crippen LogP contribution in [-0.2, 0) is 14.3 Å². The molecule has 3 aromatic rings. The highest BCUT2D eigenvalue weighted by atomic mass is 35.5. The molecule has 35 heavy (non-hydrogen) atoms. The zero-order valence-corrected chi connectivity index (χ0v) is 19.8. The standard InChI is InChI=1S/C27H17Cl2NO5/c1-13-16(7-4-8-19(13)29)22-20-21(26(34)30(25(20)33)15-11-9-14(28)10-12-15)27(35-22)23(31)17-5-2-3-6-18(17)24(27)32/h2-12,20-22H,1H3. The first kappa shape index (κ1) is 22.2. The Morgan fingerprint density at radius 2 is 1.43 bits per heavy atom. The first-order valence-electron chi connectivity index (χ1n) is 11.0. The molecular formula is C27H17Cl2NO5. The summed E-state index contributed by atoms with van der Waals surface area (Å²) in [6, 6.07) is 17.8. The molecule has 0 aromatic heterocycles. The van der Waals surface area contributed by atoms with E-state index in [9.17, 15) is 19.2 Å². The van der Waals surface area contributed by atoms with Crippen molar-refractivity contribution in [3.05, 3.63) is 99.0 Å². The number of fused-ring (bicyclic) bond motifs is 3. The van der Waals surface area contributed by atoms with Crippen LogP contribution in [-0.4, -0.2) is 29.0 Å². The number of amides is 2. The molecule has 8 heteroatoms. The number of anilines is 1. The van der Waals surface area contributed by atoms with Gasteiger partial charge in [-0.1, -0.05) is 59.6 Å². The summed E-state index contributed by atoms with van der Waals surface area (Å²) >= 11 is 12.4. The van der Waals surface area contributed by atoms with Crippen molar-refractivity contribution in [3.63, 3.8) is 0 Å². The lowest BCUT2D eigenvalue weighted by molar-refractivity contribution is -0.127. The Labute approximate surface area is 210 Å². The largest absolute Gasteiger partial charge is 0.349 e. The van der Waals surface area contributed by atoms with Gasteiger partial charge in [-0.05, 0) is 48.4 Å². The average molecular weight is 506 g/mol. The number of ether oxygens (including phenoxy) is 1. The summed E-state index contributed by atoms with van der Waals surface area (Å²) < 4.78 is 6.30. The van der Waals surface area contributed by atoms with Crippen LogP contribution in [0.3, 0.4) is 0 Å². The molecule has 2 fully saturated rings. The van der Waals surface area contributed by atoms with Crippen LogP contribution in [0.4, 0.5) is 5.69 Å². The number of Topliss-reactive ketones (excluding diaryl/α,β-unsaturated/α-hetero) is 2. The van der Waals surface area contributed by atoms with Crippen molar-refractivity contribution in [2.45, 2.75) is 18.6 Å². The molecule has 1 spiro atoms. The zero-order valence-electron chi connectivity index (χ0n) is 18.3. The number of carbonyl (C=O) groups is 4. The zero-order chi connectivity index (χ0) is 24.6. The third kappa shape index (κ3) is 2.82. The number of carbonyl (C=O) groups excluding carboxylic acids is 4. The second-order valence-corrected chi connectivity index (χ2v) is 9.77. The molecule has 3 atom stereocenters. The van der Waals surface area contributed by atoms with Crippen LogP contribution in [0.5, 0.6) is 0 Å². The summed E-state index contributed by atoms with van der Waals surface area (Å²) in [6.07, 6.45) is -1.02. The summed E-state index contributed by atoms with van der Waals surface area (Å²) in [6.45, 7) is 1.77. The third-order valence-electron chi connectivity index (χ3n) is 7.22. The van der Waals surface area contributed by atoms with E-state index in [1.165, 1.54) is 0 Å². The highest BCUT2D eigenvalue weighted by molar-refractivity contribution is 6.37. The van der Waals surface area contributed by atoms with Crippen molar-refractivity contribution in [2.75, 3.05) is 4.90 Å². The number of benzene rings is 3. The van der Waals surface area contributed by atoms with E-state index in [4.69, 9.17) is 27.9 Å². The summed E-state index contributed by atoms with van der Waals surface area (Å²) in [4.78, 5) is 56.3. The molecule has 0 saturated carbocycles. The Balaban J connectivity index is 1.57. The molecule has 0 bridgehead atoms. The maximum Gasteiger partial charge on any atom is 0.241 e. The number of halogens is 2. The van der Waals surface area contributed by atoms with E-state index in [1.54, 1.807) is 73.7 Å². The first-order chi connectivity index (χ1) is 16.8. The number of hydrogen-bond donors (Lipinski definition) is 0. The fraction of sp³-hybridized carbons (Fsp3) is 0.185. The molecule has 3 unspecified atom stereocenters. The smallest absolute Gasteiger partial charge is 0.241 e. The Hall–Kier alpha value is -3.32. The predicted molar refractivity (Wildman–Crippen MR) is 129 cm³/mol. The van der Waals surface area contributed by atoms with Gasteiger partial charge in [-0.3, -0.25) is 19.2 Å². The van der Waals surface area contributed by atoms with Gasteiger partial charge in [-0.25, -0.2) is 4.90 Å². The lowest BCUT2D eigenvalue weighted by Gasteiger charge is -2.27. The van der Waals surface area contributed by atoms with E-state index in [0.717, 1.165) is 4.90 Å². The van der Waals surface area contributed by atoms with Crippen molar-refractivity contribution in [3.8, 4) is 0 Å². The molecule has 174 valence electrons. The number of ketones is 2. The number of rotatable bonds is 2. The van der Waals surface area contributed by atoms with E-state index >= 15 is 0 Å². The molecule has 3 aliphatic rings. The monoisotopic (exact) mass is 505 g/mol. The van der Waals surface area contributed by atoms with Gasteiger partial charge in [-0.2, -0.15) is 0 Å². The molecule has 2 aliphatic heterocycles. The molecule has 0 radical (unpaired) electrons. The van der Waals surface area contributed by atoms with E-state index in [-0.39, 0.29) is 11.1 Å². The predicted octanol–water partition coefficient (Wildman–Crippen LogP) is 5.00. The molecule has 3 aromatic carbocycles. The van der Waals surface area contributed by atoms with Crippen LogP contribution in [0.1, 0.15) is 37.9 Å². The number of hydrogen-bond acceptors (Lipinski definition) is 5. The summed E-state index contributed by atoms with van der Waals surface area (Å²) in [5.74, 6) is -4.80. The van der Waals surface area contributed by atoms with Crippen LogP contribution in [0.2, 0.25) is 10.0 Å². The van der Waals surface area contributed by atoms with Crippen molar-refractivity contribution in [1.82, 2.24) is 0 Å². The van der Waals surface area contributed by atoms with Gasteiger partial charge in [0.25, 0.3) is 0 Å². The minimum absolute atomic E-state index is 0.185. The summed E-state index contributed by atoms with van der Waals surface area (Å²) in [5.41, 5.74) is -0.238. The van der Waals surface area contributed by atoms with E-state index < -0.39 is 46.9 Å². The second kappa shape index (κ2) is 7.59. The van der Waals surface area contributed by atoms with E-state index in [2.05, 4.69) is 0 Å². The minimum Gasteiger partial charge on any atom is -0.349 e. The first-order valence-corrected chi connectivity index (χ1v) is 11.8. The summed E-state index contributed by atoms with van der Waals surface area (Å²) in [5, 5.41) is 0.888. The SMILES string of the molecule is Cc1c(Cl)cccc1C1OC2(C(=O)c3ccccc3C2=O)C2C(=O)N(c3ccc(Cl)cc3)C(=O)C12. The number of imide groups is 1. The topological polar surface area (TPSA) is 80.8 Å². The van der Waals surface area contributed by atoms with Crippen molar-refractivity contribution < 1.29 is 23.9 Å². The maximum absolute atomic E-state index is 13.9. The Bertz CT molecular complexity index is 1430. The normalized spacial score (nSPS) is 24.4. The number of nitrogens with zero attached hydrogens (tertiary/aromatic N) is 1. The molecule has 2 amide bonds. The van der Waals surface area contributed by atoms with Gasteiger partial charge in [0, 0.05) is 21.2 Å². The van der Waals surface area contributed by atoms with E-state index in [0.29, 0.717) is 26.9 Å². The fourth-order valence-electron chi connectivity index (χ4n) is 5.58. The molecular weight excluding hydrogens is 489 g/mol. The lowest BCUT2D eigenvalue weighted by Crippen LogP contribution is -2.51. The van der Waals surface area contributed by atoms with Gasteiger partial charge >= 0.3 is 0 Å². The van der Waals surface area contributed by atoms with Gasteiger partial charge < -0.3 is 4.74 Å². The van der Waals surface area contributed by atoms with Gasteiger partial charge in [0.2, 0.25) is 29.0 Å². The van der Waals surface area contributed by atoms with Gasteiger partial charge in [0.15, 0.2) is 0 Å². The quantitative estimate of drug-likeness (QED) is 0.361. The van der Waals surface area contributed by atoms with Gasteiger partial charge in [0.05, 0.1) is 23.6 Å². The second-order valence-electron chi connectivity index (χ2n) is 8.92. The van der Waals surface area contributed by atoms with Crippen LogP contribution in [0, 0.1) is 18.8 Å². The van der Waals surface area contributed by atoms with Crippen LogP contribution in [0.15, 0.2) is 66.7 Å². The Morgan fingerprint density at radius 3 is 2.06 bits per heavy atom. The average Bonchev–Trinajstić information content (AvgIpc) is 3.42. The Kier molecular flexibility index (Phi) is 4.81. The molecule has 2 saturated heterocycles. The van der Waals surface area contributed by atoms with E-state index in [1.807, 2.05) is 0 Å². The molecule has 6 rings (SSSR count). The van der Waals surface area contributed by atoms with Crippen molar-refractivity contribution in [2.24, 2.45) is 11.8 Å². The fourth-order valence-corrected chi connectivity index (χ4v) is 5.88.